The fourth-order valence-electron chi connectivity index (χ4n) is 4.16. The number of hydrogen-bond acceptors (Lipinski definition) is 6. The van der Waals surface area contributed by atoms with E-state index in [0.717, 1.165) is 34.7 Å². The number of nitrogens with two attached hydrogens (primary N) is 1. The van der Waals surface area contributed by atoms with Gasteiger partial charge in [0.15, 0.2) is 5.79 Å². The molecule has 4 rings (SSSR count). The van der Waals surface area contributed by atoms with E-state index in [4.69, 9.17) is 24.7 Å². The maximum absolute atomic E-state index is 6.47. The summed E-state index contributed by atoms with van der Waals surface area (Å²) in [4.78, 5) is 4.16. The van der Waals surface area contributed by atoms with Crippen LogP contribution < -0.4 is 15.2 Å². The van der Waals surface area contributed by atoms with Crippen LogP contribution in [0.3, 0.4) is 0 Å². The molecular formula is C25H31N3O4. The van der Waals surface area contributed by atoms with E-state index < -0.39 is 5.79 Å². The molecule has 2 atom stereocenters. The summed E-state index contributed by atoms with van der Waals surface area (Å²) in [5.74, 6) is 0.966. The molecule has 1 aliphatic heterocycles. The van der Waals surface area contributed by atoms with E-state index in [2.05, 4.69) is 17.1 Å². The maximum atomic E-state index is 6.47. The summed E-state index contributed by atoms with van der Waals surface area (Å²) in [6.07, 6.45) is 6.85. The highest BCUT2D eigenvalue weighted by Gasteiger charge is 2.42. The minimum atomic E-state index is -0.736. The second-order valence-corrected chi connectivity index (χ2v) is 8.34. The van der Waals surface area contributed by atoms with E-state index >= 15 is 0 Å². The minimum absolute atomic E-state index is 0.161. The predicted molar refractivity (Wildman–Crippen MR) is 123 cm³/mol. The van der Waals surface area contributed by atoms with Crippen molar-refractivity contribution in [2.24, 2.45) is 0 Å². The first-order valence-corrected chi connectivity index (χ1v) is 10.9. The van der Waals surface area contributed by atoms with Crippen LogP contribution in [0.1, 0.15) is 23.1 Å². The second-order valence-electron chi connectivity index (χ2n) is 8.34. The van der Waals surface area contributed by atoms with Gasteiger partial charge in [0.05, 0.1) is 26.6 Å². The highest BCUT2D eigenvalue weighted by atomic mass is 16.8. The summed E-state index contributed by atoms with van der Waals surface area (Å²) in [7, 11) is 1.67. The van der Waals surface area contributed by atoms with Crippen molar-refractivity contribution in [3.05, 3.63) is 71.8 Å². The first-order valence-electron chi connectivity index (χ1n) is 10.9. The monoisotopic (exact) mass is 437 g/mol. The molecule has 2 N–H and O–H groups in total. The third-order valence-corrected chi connectivity index (χ3v) is 5.75. The largest absolute Gasteiger partial charge is 0.497 e. The number of aryl methyl sites for hydroxylation is 3. The van der Waals surface area contributed by atoms with Crippen molar-refractivity contribution in [1.29, 1.82) is 0 Å². The molecule has 3 aromatic rings. The molecule has 0 saturated carbocycles. The Kier molecular flexibility index (Phi) is 6.67. The Bertz CT molecular complexity index is 997. The summed E-state index contributed by atoms with van der Waals surface area (Å²) >= 11 is 0. The van der Waals surface area contributed by atoms with Crippen LogP contribution in [0.4, 0.5) is 5.69 Å². The van der Waals surface area contributed by atoms with E-state index in [0.29, 0.717) is 26.2 Å². The first kappa shape index (κ1) is 22.2. The van der Waals surface area contributed by atoms with Crippen molar-refractivity contribution in [2.45, 2.75) is 45.1 Å². The molecular weight excluding hydrogens is 406 g/mol. The zero-order valence-corrected chi connectivity index (χ0v) is 18.9. The molecule has 2 aromatic carbocycles. The fraction of sp³-hybridized carbons (Fsp3) is 0.400. The van der Waals surface area contributed by atoms with Gasteiger partial charge in [0.2, 0.25) is 0 Å². The van der Waals surface area contributed by atoms with Gasteiger partial charge in [-0.2, -0.15) is 0 Å². The lowest BCUT2D eigenvalue weighted by Crippen LogP contribution is -2.37. The lowest BCUT2D eigenvalue weighted by Gasteiger charge is -2.29. The molecule has 0 unspecified atom stereocenters. The Morgan fingerprint density at radius 3 is 2.59 bits per heavy atom. The molecule has 0 bridgehead atoms. The summed E-state index contributed by atoms with van der Waals surface area (Å²) in [5.41, 5.74) is 9.91. The Morgan fingerprint density at radius 2 is 1.94 bits per heavy atom. The lowest BCUT2D eigenvalue weighted by atomic mass is 10.0. The molecule has 1 aliphatic rings. The molecule has 1 aromatic heterocycles. The number of nitrogens with zero attached hydrogens (tertiary/aromatic N) is 2. The molecule has 2 heterocycles. The van der Waals surface area contributed by atoms with Crippen molar-refractivity contribution in [2.75, 3.05) is 26.1 Å². The number of nitrogen functional groups attached to an aromatic ring is 1. The van der Waals surface area contributed by atoms with Gasteiger partial charge < -0.3 is 29.2 Å². The molecule has 0 spiro atoms. The molecule has 0 aliphatic carbocycles. The van der Waals surface area contributed by atoms with Crippen LogP contribution >= 0.6 is 0 Å². The molecule has 7 nitrogen and oxygen atoms in total. The third-order valence-electron chi connectivity index (χ3n) is 5.75. The molecule has 1 saturated heterocycles. The van der Waals surface area contributed by atoms with Crippen LogP contribution in [0.25, 0.3) is 0 Å². The Hall–Kier alpha value is -3.03. The zero-order valence-electron chi connectivity index (χ0n) is 18.9. The van der Waals surface area contributed by atoms with E-state index in [1.54, 1.807) is 19.6 Å². The SMILES string of the molecule is COc1ccc(CC[C@@]2(Cn3ccnc3)OC[C@@H](COc3c(C)cc(N)cc3C)O2)cc1. The summed E-state index contributed by atoms with van der Waals surface area (Å²) in [6.45, 7) is 5.47. The number of anilines is 1. The maximum Gasteiger partial charge on any atom is 0.187 e. The quantitative estimate of drug-likeness (QED) is 0.511. The molecule has 0 amide bonds. The van der Waals surface area contributed by atoms with Crippen molar-refractivity contribution in [3.63, 3.8) is 0 Å². The summed E-state index contributed by atoms with van der Waals surface area (Å²) in [5, 5.41) is 0. The molecule has 32 heavy (non-hydrogen) atoms. The molecule has 1 fully saturated rings. The lowest BCUT2D eigenvalue weighted by molar-refractivity contribution is -0.184. The Labute approximate surface area is 189 Å². The van der Waals surface area contributed by atoms with Gasteiger partial charge in [-0.1, -0.05) is 12.1 Å². The van der Waals surface area contributed by atoms with Crippen LogP contribution in [0.5, 0.6) is 11.5 Å². The van der Waals surface area contributed by atoms with Gasteiger partial charge in [-0.25, -0.2) is 4.98 Å². The topological polar surface area (TPSA) is 80.8 Å². The van der Waals surface area contributed by atoms with E-state index in [-0.39, 0.29) is 6.10 Å². The smallest absolute Gasteiger partial charge is 0.187 e. The minimum Gasteiger partial charge on any atom is -0.497 e. The van der Waals surface area contributed by atoms with Crippen LogP contribution in [0.2, 0.25) is 0 Å². The van der Waals surface area contributed by atoms with Crippen LogP contribution in [0, 0.1) is 13.8 Å². The van der Waals surface area contributed by atoms with Gasteiger partial charge in [0.25, 0.3) is 0 Å². The van der Waals surface area contributed by atoms with Crippen LogP contribution in [-0.4, -0.2) is 41.8 Å². The zero-order chi connectivity index (χ0) is 22.6. The Balaban J connectivity index is 1.43. The van der Waals surface area contributed by atoms with Gasteiger partial charge in [0.1, 0.15) is 24.2 Å². The van der Waals surface area contributed by atoms with Gasteiger partial charge in [-0.3, -0.25) is 0 Å². The molecule has 7 heteroatoms. The van der Waals surface area contributed by atoms with Crippen molar-refractivity contribution < 1.29 is 18.9 Å². The standard InChI is InChI=1S/C25H31N3O4/c1-18-12-21(26)13-19(2)24(18)30-14-23-15-31-25(32-23,16-28-11-10-27-17-28)9-8-20-4-6-22(29-3)7-5-20/h4-7,10-13,17,23H,8-9,14-16,26H2,1-3H3/t23-,25-/m1/s1. The number of ether oxygens (including phenoxy) is 4. The van der Waals surface area contributed by atoms with E-state index in [1.807, 2.05) is 48.9 Å². The number of hydrogen-bond donors (Lipinski definition) is 1. The van der Waals surface area contributed by atoms with E-state index in [9.17, 15) is 0 Å². The average Bonchev–Trinajstić information content (AvgIpc) is 3.42. The summed E-state index contributed by atoms with van der Waals surface area (Å²) in [6, 6.07) is 11.9. The Morgan fingerprint density at radius 1 is 1.19 bits per heavy atom. The highest BCUT2D eigenvalue weighted by molar-refractivity contribution is 5.52. The van der Waals surface area contributed by atoms with Gasteiger partial charge in [-0.15, -0.1) is 0 Å². The highest BCUT2D eigenvalue weighted by Crippen LogP contribution is 2.32. The molecule has 170 valence electrons. The van der Waals surface area contributed by atoms with Gasteiger partial charge in [0, 0.05) is 24.5 Å². The van der Waals surface area contributed by atoms with Gasteiger partial charge in [-0.05, 0) is 61.2 Å². The fourth-order valence-corrected chi connectivity index (χ4v) is 4.16. The number of aromatic nitrogens is 2. The average molecular weight is 438 g/mol. The predicted octanol–water partition coefficient (Wildman–Crippen LogP) is 3.91. The number of benzene rings is 2. The normalized spacial score (nSPS) is 20.4. The first-order chi connectivity index (χ1) is 15.5. The van der Waals surface area contributed by atoms with Crippen LogP contribution in [-0.2, 0) is 22.4 Å². The number of methoxy groups -OCH3 is 1. The van der Waals surface area contributed by atoms with Crippen molar-refractivity contribution >= 4 is 5.69 Å². The number of rotatable bonds is 9. The van der Waals surface area contributed by atoms with E-state index in [1.165, 1.54) is 5.56 Å². The second kappa shape index (κ2) is 9.63. The summed E-state index contributed by atoms with van der Waals surface area (Å²) < 4.78 is 26.1. The molecule has 0 radical (unpaired) electrons. The van der Waals surface area contributed by atoms with Crippen molar-refractivity contribution in [3.8, 4) is 11.5 Å². The van der Waals surface area contributed by atoms with Gasteiger partial charge >= 0.3 is 0 Å². The number of imidazole rings is 1. The third kappa shape index (κ3) is 5.23. The van der Waals surface area contributed by atoms with Crippen molar-refractivity contribution in [1.82, 2.24) is 9.55 Å². The van der Waals surface area contributed by atoms with Crippen LogP contribution in [0.15, 0.2) is 55.1 Å².